The number of benzene rings is 1. The van der Waals surface area contributed by atoms with E-state index in [0.29, 0.717) is 23.1 Å². The Morgan fingerprint density at radius 3 is 2.50 bits per heavy atom. The van der Waals surface area contributed by atoms with Gasteiger partial charge >= 0.3 is 0 Å². The average Bonchev–Trinajstić information content (AvgIpc) is 3.20. The quantitative estimate of drug-likeness (QED) is 0.889. The van der Waals surface area contributed by atoms with Gasteiger partial charge in [0.05, 0.1) is 0 Å². The van der Waals surface area contributed by atoms with E-state index in [4.69, 9.17) is 0 Å². The molecule has 0 radical (unpaired) electrons. The number of nitrogens with zero attached hydrogens (tertiary/aromatic N) is 1. The van der Waals surface area contributed by atoms with E-state index in [1.807, 2.05) is 6.07 Å². The van der Waals surface area contributed by atoms with Gasteiger partial charge in [-0.2, -0.15) is 0 Å². The minimum absolute atomic E-state index is 0.156. The molecule has 2 fully saturated rings. The summed E-state index contributed by atoms with van der Waals surface area (Å²) in [5.41, 5.74) is 3.39. The van der Waals surface area contributed by atoms with Crippen LogP contribution in [0.1, 0.15) is 58.1 Å². The minimum atomic E-state index is 0.156. The molecule has 2 nitrogen and oxygen atoms in total. The molecule has 0 amide bonds. The molecule has 1 aromatic rings. The summed E-state index contributed by atoms with van der Waals surface area (Å²) in [6, 6.07) is 6.46. The van der Waals surface area contributed by atoms with Crippen LogP contribution in [0.3, 0.4) is 0 Å². The van der Waals surface area contributed by atoms with Crippen LogP contribution in [-0.4, -0.2) is 29.1 Å². The summed E-state index contributed by atoms with van der Waals surface area (Å²) in [5.74, 6) is 0.985. The summed E-state index contributed by atoms with van der Waals surface area (Å²) in [5, 5.41) is 9.94. The van der Waals surface area contributed by atoms with Gasteiger partial charge in [-0.3, -0.25) is 4.90 Å². The summed E-state index contributed by atoms with van der Waals surface area (Å²) in [6.07, 6.45) is 3.97. The van der Waals surface area contributed by atoms with Crippen molar-refractivity contribution in [2.24, 2.45) is 11.3 Å². The van der Waals surface area contributed by atoms with E-state index in [0.717, 1.165) is 0 Å². The minimum Gasteiger partial charge on any atom is -0.508 e. The van der Waals surface area contributed by atoms with Gasteiger partial charge in [-0.05, 0) is 79.7 Å². The highest BCUT2D eigenvalue weighted by Crippen LogP contribution is 2.49. The number of phenolic OH excluding ortho intramolecular Hbond substituents is 1. The Labute approximate surface area is 135 Å². The summed E-state index contributed by atoms with van der Waals surface area (Å²) in [7, 11) is 0. The second-order valence-corrected chi connectivity index (χ2v) is 8.48. The lowest BCUT2D eigenvalue weighted by atomic mass is 9.64. The van der Waals surface area contributed by atoms with E-state index in [1.165, 1.54) is 43.5 Å². The third-order valence-corrected chi connectivity index (χ3v) is 6.75. The predicted molar refractivity (Wildman–Crippen MR) is 92.4 cm³/mol. The van der Waals surface area contributed by atoms with Crippen molar-refractivity contribution in [1.29, 1.82) is 0 Å². The van der Waals surface area contributed by atoms with Crippen molar-refractivity contribution in [2.45, 2.75) is 65.3 Å². The number of aryl methyl sites for hydroxylation is 1. The fourth-order valence-electron chi connectivity index (χ4n) is 4.35. The normalized spacial score (nSPS) is 34.6. The number of hydrogen-bond donors (Lipinski definition) is 1. The van der Waals surface area contributed by atoms with Gasteiger partial charge in [0.15, 0.2) is 0 Å². The number of phenols is 1. The topological polar surface area (TPSA) is 23.5 Å². The van der Waals surface area contributed by atoms with Crippen molar-refractivity contribution in [3.05, 3.63) is 29.3 Å². The Morgan fingerprint density at radius 2 is 1.86 bits per heavy atom. The Hall–Kier alpha value is -1.02. The third-order valence-electron chi connectivity index (χ3n) is 6.75. The molecule has 1 aliphatic carbocycles. The predicted octanol–water partition coefficient (Wildman–Crippen LogP) is 4.49. The summed E-state index contributed by atoms with van der Waals surface area (Å²) < 4.78 is 0. The van der Waals surface area contributed by atoms with Crippen LogP contribution in [-0.2, 0) is 5.41 Å². The lowest BCUT2D eigenvalue weighted by molar-refractivity contribution is 0.0397. The van der Waals surface area contributed by atoms with Crippen LogP contribution in [0.4, 0.5) is 0 Å². The van der Waals surface area contributed by atoms with E-state index < -0.39 is 0 Å². The Balaban J connectivity index is 1.84. The molecule has 1 aliphatic heterocycles. The van der Waals surface area contributed by atoms with Crippen molar-refractivity contribution < 1.29 is 5.11 Å². The molecular weight excluding hydrogens is 270 g/mol. The summed E-state index contributed by atoms with van der Waals surface area (Å²) in [4.78, 5) is 2.71. The van der Waals surface area contributed by atoms with E-state index >= 15 is 0 Å². The number of likely N-dealkylation sites (tertiary alicyclic amines) is 1. The molecule has 122 valence electrons. The lowest BCUT2D eigenvalue weighted by Crippen LogP contribution is -2.54. The van der Waals surface area contributed by atoms with E-state index in [9.17, 15) is 5.11 Å². The molecule has 1 N–H and O–H groups in total. The first-order chi connectivity index (χ1) is 10.3. The first-order valence-corrected chi connectivity index (χ1v) is 8.79. The van der Waals surface area contributed by atoms with Crippen molar-refractivity contribution in [3.8, 4) is 5.75 Å². The average molecular weight is 301 g/mol. The summed E-state index contributed by atoms with van der Waals surface area (Å²) >= 11 is 0. The molecule has 0 spiro atoms. The monoisotopic (exact) mass is 301 g/mol. The van der Waals surface area contributed by atoms with E-state index in [2.05, 4.69) is 45.6 Å². The largest absolute Gasteiger partial charge is 0.508 e. The molecule has 3 rings (SSSR count). The maximum Gasteiger partial charge on any atom is 0.115 e. The Morgan fingerprint density at radius 1 is 1.18 bits per heavy atom. The second kappa shape index (κ2) is 5.26. The van der Waals surface area contributed by atoms with Crippen molar-refractivity contribution in [1.82, 2.24) is 4.90 Å². The van der Waals surface area contributed by atoms with Gasteiger partial charge in [0, 0.05) is 12.6 Å². The molecule has 1 heterocycles. The molecule has 1 aromatic carbocycles. The fourth-order valence-corrected chi connectivity index (χ4v) is 4.35. The van der Waals surface area contributed by atoms with Crippen LogP contribution >= 0.6 is 0 Å². The molecule has 1 unspecified atom stereocenters. The van der Waals surface area contributed by atoms with Crippen molar-refractivity contribution >= 4 is 0 Å². The maximum absolute atomic E-state index is 9.94. The van der Waals surface area contributed by atoms with Gasteiger partial charge in [-0.25, -0.2) is 0 Å². The highest BCUT2D eigenvalue weighted by atomic mass is 16.3. The van der Waals surface area contributed by atoms with Crippen LogP contribution in [0.15, 0.2) is 18.2 Å². The molecule has 0 bridgehead atoms. The molecule has 0 aromatic heterocycles. The Bertz CT molecular complexity index is 563. The zero-order valence-corrected chi connectivity index (χ0v) is 14.8. The fraction of sp³-hybridized carbons (Fsp3) is 0.700. The molecule has 1 saturated carbocycles. The van der Waals surface area contributed by atoms with Gasteiger partial charge in [-0.1, -0.05) is 26.8 Å². The number of rotatable bonds is 3. The zero-order chi connectivity index (χ0) is 16.1. The molecule has 1 saturated heterocycles. The standard InChI is InChI=1S/C20H31NO/c1-14-6-7-17(22)12-18(14)20(5)10-11-21(16(3)15(20)2)13-19(4)8-9-19/h6-7,12,15-16,22H,8-11,13H2,1-5H3/t15?,16-,20-/m1/s1. The van der Waals surface area contributed by atoms with Gasteiger partial charge in [-0.15, -0.1) is 0 Å². The smallest absolute Gasteiger partial charge is 0.115 e. The van der Waals surface area contributed by atoms with Crippen LogP contribution in [0.2, 0.25) is 0 Å². The molecule has 2 heteroatoms. The van der Waals surface area contributed by atoms with Gasteiger partial charge < -0.3 is 5.11 Å². The van der Waals surface area contributed by atoms with Crippen LogP contribution in [0.5, 0.6) is 5.75 Å². The van der Waals surface area contributed by atoms with Crippen molar-refractivity contribution in [3.63, 3.8) is 0 Å². The van der Waals surface area contributed by atoms with Crippen LogP contribution in [0.25, 0.3) is 0 Å². The Kier molecular flexibility index (Phi) is 3.79. The first kappa shape index (κ1) is 15.9. The second-order valence-electron chi connectivity index (χ2n) is 8.48. The molecular formula is C20H31NO. The van der Waals surface area contributed by atoms with E-state index in [-0.39, 0.29) is 5.41 Å². The SMILES string of the molecule is Cc1ccc(O)cc1[C@]1(C)CCN(CC2(C)CC2)[C@H](C)C1C. The molecule has 3 atom stereocenters. The summed E-state index contributed by atoms with van der Waals surface area (Å²) in [6.45, 7) is 14.2. The van der Waals surface area contributed by atoms with Gasteiger partial charge in [0.25, 0.3) is 0 Å². The van der Waals surface area contributed by atoms with E-state index in [1.54, 1.807) is 6.07 Å². The lowest BCUT2D eigenvalue weighted by Gasteiger charge is -2.50. The number of piperidine rings is 1. The van der Waals surface area contributed by atoms with Crippen molar-refractivity contribution in [2.75, 3.05) is 13.1 Å². The zero-order valence-electron chi connectivity index (χ0n) is 14.8. The van der Waals surface area contributed by atoms with Crippen LogP contribution < -0.4 is 0 Å². The highest BCUT2D eigenvalue weighted by Gasteiger charge is 2.46. The maximum atomic E-state index is 9.94. The third kappa shape index (κ3) is 2.67. The van der Waals surface area contributed by atoms with Gasteiger partial charge in [0.2, 0.25) is 0 Å². The molecule has 2 aliphatic rings. The number of aromatic hydroxyl groups is 1. The van der Waals surface area contributed by atoms with Gasteiger partial charge in [0.1, 0.15) is 5.75 Å². The first-order valence-electron chi connectivity index (χ1n) is 8.79. The highest BCUT2D eigenvalue weighted by molar-refractivity contribution is 5.40. The molecule has 22 heavy (non-hydrogen) atoms. The van der Waals surface area contributed by atoms with Crippen LogP contribution in [0, 0.1) is 18.3 Å². The number of hydrogen-bond acceptors (Lipinski definition) is 2.